The third kappa shape index (κ3) is 3.42. The number of benzene rings is 1. The van der Waals surface area contributed by atoms with Crippen LogP contribution in [0.2, 0.25) is 10.0 Å². The van der Waals surface area contributed by atoms with E-state index in [9.17, 15) is 9.90 Å². The van der Waals surface area contributed by atoms with Gasteiger partial charge in [-0.1, -0.05) is 29.3 Å². The monoisotopic (exact) mass is 341 g/mol. The number of hydrogen-bond donors (Lipinski definition) is 0. The van der Waals surface area contributed by atoms with E-state index in [-0.39, 0.29) is 13.1 Å². The van der Waals surface area contributed by atoms with Crippen molar-refractivity contribution in [2.75, 3.05) is 6.54 Å². The molecule has 1 heterocycles. The lowest BCUT2D eigenvalue weighted by molar-refractivity contribution is -0.265. The number of rotatable bonds is 4. The van der Waals surface area contributed by atoms with Gasteiger partial charge in [0, 0.05) is 5.56 Å². The van der Waals surface area contributed by atoms with Crippen molar-refractivity contribution < 1.29 is 9.90 Å². The Balaban J connectivity index is 2.40. The molecule has 2 rings (SSSR count). The summed E-state index contributed by atoms with van der Waals surface area (Å²) < 4.78 is 8.17. The van der Waals surface area contributed by atoms with Gasteiger partial charge in [0.05, 0.1) is 34.4 Å². The molecule has 0 aliphatic carbocycles. The summed E-state index contributed by atoms with van der Waals surface area (Å²) in [4.78, 5) is 11.8. The van der Waals surface area contributed by atoms with E-state index < -0.39 is 6.09 Å². The fourth-order valence-corrected chi connectivity index (χ4v) is 2.81. The van der Waals surface area contributed by atoms with Gasteiger partial charge in [0.2, 0.25) is 0 Å². The minimum Gasteiger partial charge on any atom is -0.530 e. The fourth-order valence-electron chi connectivity index (χ4n) is 1.68. The van der Waals surface area contributed by atoms with E-state index in [4.69, 9.17) is 28.5 Å². The molecule has 0 saturated heterocycles. The number of carboxylic acid groups (broad SMARTS) is 1. The topological polar surface area (TPSA) is 92.9 Å². The van der Waals surface area contributed by atoms with Gasteiger partial charge < -0.3 is 14.8 Å². The Morgan fingerprint density at radius 2 is 2.05 bits per heavy atom. The molecule has 0 spiro atoms. The van der Waals surface area contributed by atoms with Crippen LogP contribution in [0, 0.1) is 11.3 Å². The molecule has 108 valence electrons. The lowest BCUT2D eigenvalue weighted by Gasteiger charge is -2.21. The molecule has 1 aromatic heterocycles. The van der Waals surface area contributed by atoms with Crippen LogP contribution in [-0.4, -0.2) is 26.3 Å². The van der Waals surface area contributed by atoms with Crippen molar-refractivity contribution in [2.45, 2.75) is 6.54 Å². The molecule has 0 unspecified atom stereocenters. The van der Waals surface area contributed by atoms with Gasteiger partial charge in [-0.05, 0) is 12.1 Å². The van der Waals surface area contributed by atoms with Gasteiger partial charge >= 0.3 is 0 Å². The Morgan fingerprint density at radius 1 is 1.38 bits per heavy atom. The van der Waals surface area contributed by atoms with Crippen molar-refractivity contribution in [3.8, 4) is 17.3 Å². The fraction of sp³-hybridized carbons (Fsp3) is 0.167. The zero-order valence-corrected chi connectivity index (χ0v) is 12.7. The smallest absolute Gasteiger partial charge is 0.138 e. The molecule has 0 fully saturated rings. The molecular formula is C12H7Cl2N4O2S-. The number of amides is 1. The highest BCUT2D eigenvalue weighted by Gasteiger charge is 2.19. The second kappa shape index (κ2) is 6.72. The summed E-state index contributed by atoms with van der Waals surface area (Å²) in [7, 11) is 0. The van der Waals surface area contributed by atoms with Crippen LogP contribution in [0.25, 0.3) is 11.3 Å². The van der Waals surface area contributed by atoms with E-state index in [1.807, 2.05) is 0 Å². The quantitative estimate of drug-likeness (QED) is 0.794. The van der Waals surface area contributed by atoms with Crippen LogP contribution in [0.4, 0.5) is 4.79 Å². The SMILES string of the molecule is N#CCN(Cc1nsnc1-c1c(Cl)cccc1Cl)C(=O)[O-]. The molecular weight excluding hydrogens is 335 g/mol. The maximum atomic E-state index is 11.0. The van der Waals surface area contributed by atoms with Gasteiger partial charge in [-0.25, -0.2) is 0 Å². The van der Waals surface area contributed by atoms with Crippen LogP contribution >= 0.6 is 34.9 Å². The zero-order chi connectivity index (χ0) is 15.4. The normalized spacial score (nSPS) is 10.1. The largest absolute Gasteiger partial charge is 0.530 e. The second-order valence-corrected chi connectivity index (χ2v) is 5.28. The van der Waals surface area contributed by atoms with Crippen molar-refractivity contribution in [3.63, 3.8) is 0 Å². The number of halogens is 2. The van der Waals surface area contributed by atoms with E-state index in [1.54, 1.807) is 24.3 Å². The maximum absolute atomic E-state index is 11.0. The van der Waals surface area contributed by atoms with Crippen LogP contribution in [0.5, 0.6) is 0 Å². The van der Waals surface area contributed by atoms with Crippen LogP contribution in [0.1, 0.15) is 5.69 Å². The van der Waals surface area contributed by atoms with Crippen LogP contribution in [0.3, 0.4) is 0 Å². The number of carbonyl (C=O) groups excluding carboxylic acids is 1. The van der Waals surface area contributed by atoms with Crippen molar-refractivity contribution in [1.29, 1.82) is 5.26 Å². The molecule has 0 radical (unpaired) electrons. The Morgan fingerprint density at radius 3 is 2.62 bits per heavy atom. The van der Waals surface area contributed by atoms with Gasteiger partial charge in [0.25, 0.3) is 0 Å². The summed E-state index contributed by atoms with van der Waals surface area (Å²) in [6, 6.07) is 6.74. The molecule has 0 N–H and O–H groups in total. The predicted octanol–water partition coefficient (Wildman–Crippen LogP) is 2.18. The number of hydrogen-bond acceptors (Lipinski definition) is 6. The van der Waals surface area contributed by atoms with E-state index >= 15 is 0 Å². The highest BCUT2D eigenvalue weighted by molar-refractivity contribution is 6.99. The number of aromatic nitrogens is 2. The number of carbonyl (C=O) groups is 1. The van der Waals surface area contributed by atoms with Crippen molar-refractivity contribution in [2.24, 2.45) is 0 Å². The summed E-state index contributed by atoms with van der Waals surface area (Å²) in [6.07, 6.45) is -1.46. The maximum Gasteiger partial charge on any atom is 0.138 e. The molecule has 0 aliphatic rings. The second-order valence-electron chi connectivity index (χ2n) is 3.94. The van der Waals surface area contributed by atoms with Crippen molar-refractivity contribution in [3.05, 3.63) is 33.9 Å². The predicted molar refractivity (Wildman–Crippen MR) is 76.8 cm³/mol. The van der Waals surface area contributed by atoms with Crippen LogP contribution in [-0.2, 0) is 6.54 Å². The highest BCUT2D eigenvalue weighted by Crippen LogP contribution is 2.35. The Hall–Kier alpha value is -1.88. The molecule has 0 saturated carbocycles. The molecule has 0 aliphatic heterocycles. The Kier molecular flexibility index (Phi) is 4.96. The van der Waals surface area contributed by atoms with Crippen LogP contribution in [0.15, 0.2) is 18.2 Å². The number of nitrogens with zero attached hydrogens (tertiary/aromatic N) is 4. The third-order valence-electron chi connectivity index (χ3n) is 2.62. The van der Waals surface area contributed by atoms with E-state index in [0.717, 1.165) is 16.6 Å². The Bertz CT molecular complexity index is 693. The van der Waals surface area contributed by atoms with E-state index in [2.05, 4.69) is 8.75 Å². The molecule has 1 aromatic carbocycles. The number of nitriles is 1. The first kappa shape index (κ1) is 15.5. The average molecular weight is 342 g/mol. The van der Waals surface area contributed by atoms with Crippen molar-refractivity contribution >= 4 is 41.0 Å². The summed E-state index contributed by atoms with van der Waals surface area (Å²) in [5, 5.41) is 20.4. The Labute approximate surface area is 134 Å². The first-order valence-corrected chi connectivity index (χ1v) is 7.12. The third-order valence-corrected chi connectivity index (χ3v) is 3.81. The first-order valence-electron chi connectivity index (χ1n) is 5.63. The van der Waals surface area contributed by atoms with E-state index in [1.165, 1.54) is 0 Å². The lowest BCUT2D eigenvalue weighted by atomic mass is 10.1. The molecule has 21 heavy (non-hydrogen) atoms. The van der Waals surface area contributed by atoms with Gasteiger partial charge in [-0.2, -0.15) is 14.0 Å². The first-order chi connectivity index (χ1) is 10.0. The van der Waals surface area contributed by atoms with Gasteiger partial charge in [-0.3, -0.25) is 0 Å². The van der Waals surface area contributed by atoms with Crippen LogP contribution < -0.4 is 5.11 Å². The van der Waals surface area contributed by atoms with E-state index in [0.29, 0.717) is 27.0 Å². The molecule has 0 bridgehead atoms. The highest BCUT2D eigenvalue weighted by atomic mass is 35.5. The van der Waals surface area contributed by atoms with Gasteiger partial charge in [0.1, 0.15) is 24.0 Å². The molecule has 9 heteroatoms. The van der Waals surface area contributed by atoms with Crippen molar-refractivity contribution in [1.82, 2.24) is 13.6 Å². The lowest BCUT2D eigenvalue weighted by Crippen LogP contribution is -2.41. The average Bonchev–Trinajstić information content (AvgIpc) is 2.86. The summed E-state index contributed by atoms with van der Waals surface area (Å²) in [5.74, 6) is 0. The van der Waals surface area contributed by atoms with Gasteiger partial charge in [0.15, 0.2) is 0 Å². The zero-order valence-electron chi connectivity index (χ0n) is 10.4. The summed E-state index contributed by atoms with van der Waals surface area (Å²) >= 11 is 13.1. The minimum atomic E-state index is -1.46. The summed E-state index contributed by atoms with van der Waals surface area (Å²) in [6.45, 7) is -0.446. The standard InChI is InChI=1S/C12H8Cl2N4O2S/c13-7-2-1-3-8(14)10(7)11-9(16-21-17-11)6-18(5-4-15)12(19)20/h1-3H,5-6H2,(H,19,20)/p-1. The van der Waals surface area contributed by atoms with Gasteiger partial charge in [-0.15, -0.1) is 0 Å². The molecule has 1 amide bonds. The minimum absolute atomic E-state index is 0.122. The molecule has 2 aromatic rings. The summed E-state index contributed by atoms with van der Waals surface area (Å²) in [5.41, 5.74) is 1.26. The molecule has 0 atom stereocenters. The molecule has 6 nitrogen and oxygen atoms in total.